The normalized spacial score (nSPS) is 10.4. The molecule has 6 nitrogen and oxygen atoms in total. The predicted molar refractivity (Wildman–Crippen MR) is 101 cm³/mol. The largest absolute Gasteiger partial charge is 0.338 e. The highest BCUT2D eigenvalue weighted by molar-refractivity contribution is 7.22. The number of nitrogens with zero attached hydrogens (tertiary/aromatic N) is 1. The number of thiazole rings is 1. The first-order valence-electron chi connectivity index (χ1n) is 7.97. The van der Waals surface area contributed by atoms with Crippen molar-refractivity contribution in [2.75, 3.05) is 17.2 Å². The highest BCUT2D eigenvalue weighted by Gasteiger charge is 2.10. The number of carbonyl (C=O) groups is 2. The number of benzene rings is 2. The van der Waals surface area contributed by atoms with Gasteiger partial charge < -0.3 is 10.6 Å². The third-order valence-electron chi connectivity index (χ3n) is 3.44. The van der Waals surface area contributed by atoms with Gasteiger partial charge in [-0.3, -0.25) is 10.1 Å². The van der Waals surface area contributed by atoms with Gasteiger partial charge in [0.15, 0.2) is 5.13 Å². The molecule has 0 spiro atoms. The van der Waals surface area contributed by atoms with Crippen LogP contribution in [0.15, 0.2) is 48.5 Å². The van der Waals surface area contributed by atoms with E-state index in [4.69, 9.17) is 0 Å². The summed E-state index contributed by atoms with van der Waals surface area (Å²) in [5, 5.41) is 8.85. The Hall–Kier alpha value is -2.93. The van der Waals surface area contributed by atoms with E-state index in [0.29, 0.717) is 22.9 Å². The maximum Gasteiger partial charge on any atom is 0.319 e. The Morgan fingerprint density at radius 3 is 2.64 bits per heavy atom. The number of hydrogen-bond acceptors (Lipinski definition) is 4. The van der Waals surface area contributed by atoms with E-state index >= 15 is 0 Å². The number of carbonyl (C=O) groups excluding carboxylic acids is 2. The van der Waals surface area contributed by atoms with Gasteiger partial charge in [0.1, 0.15) is 0 Å². The second kappa shape index (κ2) is 7.76. The molecule has 0 bridgehead atoms. The van der Waals surface area contributed by atoms with Crippen LogP contribution in [0.3, 0.4) is 0 Å². The van der Waals surface area contributed by atoms with E-state index in [2.05, 4.69) is 20.9 Å². The first-order chi connectivity index (χ1) is 12.2. The molecule has 1 aromatic heterocycles. The van der Waals surface area contributed by atoms with Crippen molar-refractivity contribution in [3.05, 3.63) is 54.1 Å². The average Bonchev–Trinajstić information content (AvgIpc) is 3.02. The van der Waals surface area contributed by atoms with E-state index in [1.165, 1.54) is 11.3 Å². The smallest absolute Gasteiger partial charge is 0.319 e. The first-order valence-corrected chi connectivity index (χ1v) is 8.79. The van der Waals surface area contributed by atoms with Gasteiger partial charge in [-0.25, -0.2) is 9.78 Å². The topological polar surface area (TPSA) is 83.1 Å². The molecular weight excluding hydrogens is 336 g/mol. The lowest BCUT2D eigenvalue weighted by atomic mass is 10.2. The van der Waals surface area contributed by atoms with Crippen molar-refractivity contribution in [3.63, 3.8) is 0 Å². The van der Waals surface area contributed by atoms with Crippen molar-refractivity contribution in [1.82, 2.24) is 10.3 Å². The zero-order chi connectivity index (χ0) is 17.6. The minimum absolute atomic E-state index is 0.197. The van der Waals surface area contributed by atoms with Crippen molar-refractivity contribution >= 4 is 44.3 Å². The van der Waals surface area contributed by atoms with E-state index in [1.807, 2.05) is 37.3 Å². The second-order valence-electron chi connectivity index (χ2n) is 5.40. The lowest BCUT2D eigenvalue weighted by Crippen LogP contribution is -2.29. The Morgan fingerprint density at radius 2 is 1.88 bits per heavy atom. The van der Waals surface area contributed by atoms with Crippen LogP contribution in [0.1, 0.15) is 23.7 Å². The molecule has 3 aromatic rings. The van der Waals surface area contributed by atoms with Crippen LogP contribution in [-0.4, -0.2) is 23.5 Å². The Bertz CT molecular complexity index is 892. The van der Waals surface area contributed by atoms with Gasteiger partial charge in [-0.2, -0.15) is 0 Å². The van der Waals surface area contributed by atoms with Gasteiger partial charge in [0.2, 0.25) is 0 Å². The molecule has 25 heavy (non-hydrogen) atoms. The van der Waals surface area contributed by atoms with E-state index in [1.54, 1.807) is 18.2 Å². The maximum absolute atomic E-state index is 12.2. The molecule has 3 N–H and O–H groups in total. The minimum atomic E-state index is -0.242. The van der Waals surface area contributed by atoms with Crippen LogP contribution < -0.4 is 16.0 Å². The van der Waals surface area contributed by atoms with Crippen LogP contribution in [0.4, 0.5) is 15.6 Å². The molecule has 128 valence electrons. The summed E-state index contributed by atoms with van der Waals surface area (Å²) >= 11 is 1.39. The van der Waals surface area contributed by atoms with Crippen molar-refractivity contribution < 1.29 is 9.59 Å². The number of anilines is 2. The molecule has 3 rings (SSSR count). The molecule has 0 saturated carbocycles. The Kier molecular flexibility index (Phi) is 5.25. The van der Waals surface area contributed by atoms with Crippen molar-refractivity contribution in [2.24, 2.45) is 0 Å². The Labute approximate surface area is 149 Å². The maximum atomic E-state index is 12.2. The van der Waals surface area contributed by atoms with Crippen molar-refractivity contribution in [2.45, 2.75) is 13.3 Å². The summed E-state index contributed by atoms with van der Waals surface area (Å²) in [4.78, 5) is 28.3. The third kappa shape index (κ3) is 4.33. The van der Waals surface area contributed by atoms with Gasteiger partial charge in [-0.15, -0.1) is 0 Å². The minimum Gasteiger partial charge on any atom is -0.338 e. The number of hydrogen-bond donors (Lipinski definition) is 3. The van der Waals surface area contributed by atoms with Crippen LogP contribution in [0.25, 0.3) is 10.2 Å². The molecular formula is C18H18N4O2S. The van der Waals surface area contributed by atoms with Crippen LogP contribution in [0.5, 0.6) is 0 Å². The zero-order valence-corrected chi connectivity index (χ0v) is 14.5. The number of aromatic nitrogens is 1. The fourth-order valence-corrected chi connectivity index (χ4v) is 3.07. The average molecular weight is 354 g/mol. The second-order valence-corrected chi connectivity index (χ2v) is 6.43. The van der Waals surface area contributed by atoms with Crippen molar-refractivity contribution in [1.29, 1.82) is 0 Å². The Morgan fingerprint density at radius 1 is 1.08 bits per heavy atom. The molecule has 0 fully saturated rings. The molecule has 0 unspecified atom stereocenters. The number of nitrogens with one attached hydrogen (secondary N) is 3. The summed E-state index contributed by atoms with van der Waals surface area (Å²) in [6.45, 7) is 2.62. The summed E-state index contributed by atoms with van der Waals surface area (Å²) in [5.74, 6) is -0.197. The number of rotatable bonds is 5. The van der Waals surface area contributed by atoms with Gasteiger partial charge in [-0.1, -0.05) is 36.5 Å². The van der Waals surface area contributed by atoms with E-state index < -0.39 is 0 Å². The van der Waals surface area contributed by atoms with Gasteiger partial charge >= 0.3 is 6.03 Å². The van der Waals surface area contributed by atoms with Crippen LogP contribution in [0.2, 0.25) is 0 Å². The highest BCUT2D eigenvalue weighted by Crippen LogP contribution is 2.28. The molecule has 1 heterocycles. The Balaban J connectivity index is 1.72. The molecule has 0 aliphatic carbocycles. The molecule has 0 radical (unpaired) electrons. The van der Waals surface area contributed by atoms with Gasteiger partial charge in [0.05, 0.1) is 10.2 Å². The molecule has 0 saturated heterocycles. The standard InChI is InChI=1S/C18H18N4O2S/c1-2-10-19-17(24)20-13-8-9-15-14(11-13)21-18(25-15)22-16(23)12-6-4-3-5-7-12/h3-9,11H,2,10H2,1H3,(H2,19,20,24)(H,21,22,23). The van der Waals surface area contributed by atoms with Gasteiger partial charge in [0.25, 0.3) is 5.91 Å². The van der Waals surface area contributed by atoms with Crippen LogP contribution in [0, 0.1) is 0 Å². The lowest BCUT2D eigenvalue weighted by molar-refractivity contribution is 0.102. The third-order valence-corrected chi connectivity index (χ3v) is 4.39. The molecule has 0 aliphatic rings. The van der Waals surface area contributed by atoms with Gasteiger partial charge in [-0.05, 0) is 36.8 Å². The predicted octanol–water partition coefficient (Wildman–Crippen LogP) is 4.08. The van der Waals surface area contributed by atoms with Gasteiger partial charge in [0, 0.05) is 17.8 Å². The quantitative estimate of drug-likeness (QED) is 0.645. The monoisotopic (exact) mass is 354 g/mol. The SMILES string of the molecule is CCCNC(=O)Nc1ccc2sc(NC(=O)c3ccccc3)nc2c1. The van der Waals surface area contributed by atoms with E-state index in [-0.39, 0.29) is 11.9 Å². The zero-order valence-electron chi connectivity index (χ0n) is 13.7. The fourth-order valence-electron chi connectivity index (χ4n) is 2.23. The lowest BCUT2D eigenvalue weighted by Gasteiger charge is -2.06. The van der Waals surface area contributed by atoms with E-state index in [9.17, 15) is 9.59 Å². The molecule has 2 aromatic carbocycles. The van der Waals surface area contributed by atoms with Crippen LogP contribution in [-0.2, 0) is 0 Å². The summed E-state index contributed by atoms with van der Waals surface area (Å²) in [6, 6.07) is 14.2. The van der Waals surface area contributed by atoms with Crippen LogP contribution >= 0.6 is 11.3 Å². The molecule has 0 aliphatic heterocycles. The van der Waals surface area contributed by atoms with E-state index in [0.717, 1.165) is 16.6 Å². The van der Waals surface area contributed by atoms with Crippen molar-refractivity contribution in [3.8, 4) is 0 Å². The summed E-state index contributed by atoms with van der Waals surface area (Å²) < 4.78 is 0.933. The fraction of sp³-hybridized carbons (Fsp3) is 0.167. The molecule has 0 atom stereocenters. The highest BCUT2D eigenvalue weighted by atomic mass is 32.1. The summed E-state index contributed by atoms with van der Waals surface area (Å²) in [7, 11) is 0. The summed E-state index contributed by atoms with van der Waals surface area (Å²) in [6.07, 6.45) is 0.878. The number of fused-ring (bicyclic) bond motifs is 1. The molecule has 7 heteroatoms. The summed E-state index contributed by atoms with van der Waals surface area (Å²) in [5.41, 5.74) is 1.96. The first kappa shape index (κ1) is 16.9. The number of amides is 3. The number of urea groups is 1. The molecule has 3 amide bonds.